The fourth-order valence-electron chi connectivity index (χ4n) is 3.17. The average molecular weight is 384 g/mol. The number of nitrogens with zero attached hydrogens (tertiary/aromatic N) is 4. The van der Waals surface area contributed by atoms with Crippen molar-refractivity contribution in [1.82, 2.24) is 24.4 Å². The van der Waals surface area contributed by atoms with Gasteiger partial charge in [0.15, 0.2) is 5.82 Å². The lowest BCUT2D eigenvalue weighted by molar-refractivity contribution is -0.148. The van der Waals surface area contributed by atoms with Crippen molar-refractivity contribution in [2.45, 2.75) is 32.2 Å². The smallest absolute Gasteiger partial charge is 0.333 e. The molecular formula is C16H13ClF3N5O. The summed E-state index contributed by atoms with van der Waals surface area (Å²) in [6, 6.07) is 4.67. The molecule has 4 rings (SSSR count). The summed E-state index contributed by atoms with van der Waals surface area (Å²) in [7, 11) is 0. The molecule has 26 heavy (non-hydrogen) atoms. The van der Waals surface area contributed by atoms with Crippen LogP contribution in [-0.4, -0.2) is 36.4 Å². The monoisotopic (exact) mass is 383 g/mol. The van der Waals surface area contributed by atoms with Crippen molar-refractivity contribution < 1.29 is 18.0 Å². The van der Waals surface area contributed by atoms with E-state index in [-0.39, 0.29) is 18.9 Å². The highest BCUT2D eigenvalue weighted by Gasteiger charge is 2.40. The largest absolute Gasteiger partial charge is 0.449 e. The Hall–Kier alpha value is -2.55. The Morgan fingerprint density at radius 3 is 2.85 bits per heavy atom. The standard InChI is InChI=1S/C16H13ClF3N5O/c1-8-6-25-9(5-21-15(25)16(18,19)20)7-24(8)14(26)13-22-11-4-2-3-10(17)12(11)23-13/h2-5,8H,6-7H2,1H3,(H,22,23). The molecule has 2 aromatic heterocycles. The Balaban J connectivity index is 1.66. The number of imidazole rings is 2. The highest BCUT2D eigenvalue weighted by atomic mass is 35.5. The number of fused-ring (bicyclic) bond motifs is 2. The van der Waals surface area contributed by atoms with Crippen LogP contribution in [-0.2, 0) is 19.3 Å². The predicted octanol–water partition coefficient (Wildman–Crippen LogP) is 3.48. The number of aromatic nitrogens is 4. The van der Waals surface area contributed by atoms with Crippen LogP contribution in [0.1, 0.15) is 29.1 Å². The first kappa shape index (κ1) is 16.9. The van der Waals surface area contributed by atoms with Gasteiger partial charge in [-0.2, -0.15) is 13.2 Å². The zero-order valence-electron chi connectivity index (χ0n) is 13.5. The number of H-pyrrole nitrogens is 1. The maximum atomic E-state index is 13.0. The highest BCUT2D eigenvalue weighted by Crippen LogP contribution is 2.32. The third-order valence-corrected chi connectivity index (χ3v) is 4.75. The molecule has 1 unspecified atom stereocenters. The van der Waals surface area contributed by atoms with Crippen molar-refractivity contribution in [1.29, 1.82) is 0 Å². The number of aromatic amines is 1. The molecule has 1 atom stereocenters. The molecule has 3 aromatic rings. The van der Waals surface area contributed by atoms with Crippen LogP contribution in [0.2, 0.25) is 5.02 Å². The number of carbonyl (C=O) groups is 1. The van der Waals surface area contributed by atoms with Crippen LogP contribution in [0.4, 0.5) is 13.2 Å². The van der Waals surface area contributed by atoms with E-state index in [1.807, 2.05) is 0 Å². The first-order valence-electron chi connectivity index (χ1n) is 7.82. The van der Waals surface area contributed by atoms with E-state index in [2.05, 4.69) is 15.0 Å². The van der Waals surface area contributed by atoms with Gasteiger partial charge in [0.1, 0.15) is 0 Å². The number of hydrogen-bond donors (Lipinski definition) is 1. The fourth-order valence-corrected chi connectivity index (χ4v) is 3.38. The van der Waals surface area contributed by atoms with Crippen LogP contribution in [0.3, 0.4) is 0 Å². The van der Waals surface area contributed by atoms with Gasteiger partial charge in [-0.05, 0) is 19.1 Å². The van der Waals surface area contributed by atoms with Crippen molar-refractivity contribution in [2.75, 3.05) is 0 Å². The topological polar surface area (TPSA) is 66.8 Å². The SMILES string of the molecule is CC1Cn2c(cnc2C(F)(F)F)CN1C(=O)c1nc2cccc(Cl)c2[nH]1. The average Bonchev–Trinajstić information content (AvgIpc) is 3.17. The van der Waals surface area contributed by atoms with Crippen LogP contribution < -0.4 is 0 Å². The van der Waals surface area contributed by atoms with Crippen LogP contribution >= 0.6 is 11.6 Å². The van der Waals surface area contributed by atoms with E-state index >= 15 is 0 Å². The molecule has 0 aliphatic carbocycles. The van der Waals surface area contributed by atoms with Crippen LogP contribution in [0.15, 0.2) is 24.4 Å². The summed E-state index contributed by atoms with van der Waals surface area (Å²) in [6.45, 7) is 1.72. The summed E-state index contributed by atoms with van der Waals surface area (Å²) < 4.78 is 40.2. The van der Waals surface area contributed by atoms with E-state index in [0.717, 1.165) is 10.8 Å². The second-order valence-corrected chi connectivity index (χ2v) is 6.59. The second kappa shape index (κ2) is 5.73. The number of para-hydroxylation sites is 1. The molecule has 0 radical (unpaired) electrons. The van der Waals surface area contributed by atoms with Crippen molar-refractivity contribution in [2.24, 2.45) is 0 Å². The van der Waals surface area contributed by atoms with Crippen molar-refractivity contribution in [3.05, 3.63) is 46.8 Å². The molecule has 10 heteroatoms. The van der Waals surface area contributed by atoms with Gasteiger partial charge in [-0.3, -0.25) is 4.79 Å². The van der Waals surface area contributed by atoms with Gasteiger partial charge >= 0.3 is 6.18 Å². The molecule has 0 spiro atoms. The number of amides is 1. The minimum absolute atomic E-state index is 0.0108. The van der Waals surface area contributed by atoms with Gasteiger partial charge in [0.05, 0.1) is 34.5 Å². The third-order valence-electron chi connectivity index (χ3n) is 4.43. The Kier molecular flexibility index (Phi) is 3.72. The molecule has 1 aliphatic rings. The number of benzene rings is 1. The van der Waals surface area contributed by atoms with E-state index in [1.54, 1.807) is 25.1 Å². The molecule has 3 heterocycles. The van der Waals surface area contributed by atoms with Gasteiger partial charge < -0.3 is 14.5 Å². The Morgan fingerprint density at radius 2 is 2.15 bits per heavy atom. The van der Waals surface area contributed by atoms with E-state index in [4.69, 9.17) is 11.6 Å². The highest BCUT2D eigenvalue weighted by molar-refractivity contribution is 6.35. The summed E-state index contributed by atoms with van der Waals surface area (Å²) in [5, 5.41) is 0.439. The van der Waals surface area contributed by atoms with Crippen molar-refractivity contribution in [3.63, 3.8) is 0 Å². The van der Waals surface area contributed by atoms with Crippen LogP contribution in [0, 0.1) is 0 Å². The van der Waals surface area contributed by atoms with E-state index in [0.29, 0.717) is 21.7 Å². The first-order valence-corrected chi connectivity index (χ1v) is 8.20. The van der Waals surface area contributed by atoms with Gasteiger partial charge in [0.2, 0.25) is 5.82 Å². The second-order valence-electron chi connectivity index (χ2n) is 6.18. The number of nitrogens with one attached hydrogen (secondary N) is 1. The molecule has 1 aromatic carbocycles. The Morgan fingerprint density at radius 1 is 1.38 bits per heavy atom. The minimum atomic E-state index is -4.53. The number of hydrogen-bond acceptors (Lipinski definition) is 3. The quantitative estimate of drug-likeness (QED) is 0.699. The van der Waals surface area contributed by atoms with Crippen molar-refractivity contribution in [3.8, 4) is 0 Å². The number of alkyl halides is 3. The first-order chi connectivity index (χ1) is 12.3. The normalized spacial score (nSPS) is 17.6. The lowest BCUT2D eigenvalue weighted by Gasteiger charge is -2.34. The van der Waals surface area contributed by atoms with Gasteiger partial charge in [0.25, 0.3) is 5.91 Å². The Labute approximate surface area is 150 Å². The lowest BCUT2D eigenvalue weighted by Crippen LogP contribution is -2.45. The molecule has 0 fully saturated rings. The summed E-state index contributed by atoms with van der Waals surface area (Å²) in [5.41, 5.74) is 1.43. The van der Waals surface area contributed by atoms with Crippen LogP contribution in [0.25, 0.3) is 11.0 Å². The molecule has 0 bridgehead atoms. The number of carbonyl (C=O) groups excluding carboxylic acids is 1. The molecule has 136 valence electrons. The maximum Gasteiger partial charge on any atom is 0.449 e. The zero-order chi connectivity index (χ0) is 18.6. The van der Waals surface area contributed by atoms with Gasteiger partial charge in [-0.1, -0.05) is 17.7 Å². The van der Waals surface area contributed by atoms with E-state index in [1.165, 1.54) is 4.90 Å². The van der Waals surface area contributed by atoms with E-state index in [9.17, 15) is 18.0 Å². The van der Waals surface area contributed by atoms with E-state index < -0.39 is 23.9 Å². The number of rotatable bonds is 1. The lowest BCUT2D eigenvalue weighted by atomic mass is 10.2. The third kappa shape index (κ3) is 2.63. The molecular weight excluding hydrogens is 371 g/mol. The van der Waals surface area contributed by atoms with Gasteiger partial charge in [0, 0.05) is 12.6 Å². The minimum Gasteiger partial charge on any atom is -0.333 e. The summed E-state index contributed by atoms with van der Waals surface area (Å²) in [5.74, 6) is -1.24. The molecule has 0 saturated carbocycles. The molecule has 1 aliphatic heterocycles. The van der Waals surface area contributed by atoms with Crippen LogP contribution in [0.5, 0.6) is 0 Å². The van der Waals surface area contributed by atoms with Gasteiger partial charge in [-0.15, -0.1) is 0 Å². The fraction of sp³-hybridized carbons (Fsp3) is 0.312. The molecule has 1 amide bonds. The summed E-state index contributed by atoms with van der Waals surface area (Å²) in [4.78, 5) is 24.9. The molecule has 0 saturated heterocycles. The zero-order valence-corrected chi connectivity index (χ0v) is 14.3. The number of halogens is 4. The summed E-state index contributed by atoms with van der Waals surface area (Å²) in [6.07, 6.45) is -3.37. The molecule has 6 nitrogen and oxygen atoms in total. The molecule has 1 N–H and O–H groups in total. The Bertz CT molecular complexity index is 1010. The maximum absolute atomic E-state index is 13.0. The van der Waals surface area contributed by atoms with Gasteiger partial charge in [-0.25, -0.2) is 9.97 Å². The van der Waals surface area contributed by atoms with Crippen molar-refractivity contribution >= 4 is 28.5 Å². The summed E-state index contributed by atoms with van der Waals surface area (Å²) >= 11 is 6.09. The predicted molar refractivity (Wildman–Crippen MR) is 87.7 cm³/mol.